The lowest BCUT2D eigenvalue weighted by Gasteiger charge is -2.22. The lowest BCUT2D eigenvalue weighted by molar-refractivity contribution is -0.905. The summed E-state index contributed by atoms with van der Waals surface area (Å²) in [5.74, 6) is 1.45. The highest BCUT2D eigenvalue weighted by atomic mass is 16.5. The van der Waals surface area contributed by atoms with Crippen molar-refractivity contribution < 1.29 is 18.6 Å². The number of quaternary nitrogens is 1. The molecule has 0 aliphatic heterocycles. The van der Waals surface area contributed by atoms with Gasteiger partial charge in [0.25, 0.3) is 17.7 Å². The van der Waals surface area contributed by atoms with E-state index in [2.05, 4.69) is 20.7 Å². The number of aromatic nitrogens is 3. The van der Waals surface area contributed by atoms with E-state index in [4.69, 9.17) is 8.94 Å². The Bertz CT molecular complexity index is 956. The third kappa shape index (κ3) is 5.29. The molecule has 3 aromatic rings. The molecule has 0 spiro atoms. The second-order valence-corrected chi connectivity index (χ2v) is 8.08. The topological polar surface area (TPSA) is 98.5 Å². The first-order valence-corrected chi connectivity index (χ1v) is 9.76. The van der Waals surface area contributed by atoms with E-state index in [1.54, 1.807) is 0 Å². The summed E-state index contributed by atoms with van der Waals surface area (Å²) in [5.41, 5.74) is 2.02. The van der Waals surface area contributed by atoms with Gasteiger partial charge in [-0.1, -0.05) is 35.5 Å². The van der Waals surface area contributed by atoms with E-state index in [1.807, 2.05) is 65.0 Å². The molecule has 8 heteroatoms. The van der Waals surface area contributed by atoms with Crippen LogP contribution in [0.25, 0.3) is 22.7 Å². The second kappa shape index (κ2) is 8.57. The van der Waals surface area contributed by atoms with Gasteiger partial charge in [-0.3, -0.25) is 4.79 Å². The van der Waals surface area contributed by atoms with E-state index in [0.29, 0.717) is 41.9 Å². The summed E-state index contributed by atoms with van der Waals surface area (Å²) in [6.45, 7) is 11.3. The van der Waals surface area contributed by atoms with E-state index in [0.717, 1.165) is 17.0 Å². The monoisotopic (exact) mass is 398 g/mol. The highest BCUT2D eigenvalue weighted by Gasteiger charge is 2.24. The molecule has 0 bridgehead atoms. The minimum absolute atomic E-state index is 0.00432. The molecular weight excluding hydrogens is 370 g/mol. The minimum Gasteiger partial charge on any atom is -0.415 e. The number of rotatable bonds is 7. The van der Waals surface area contributed by atoms with Crippen molar-refractivity contribution >= 4 is 5.91 Å². The number of carbonyl (C=O) groups excluding carboxylic acids is 1. The van der Waals surface area contributed by atoms with Crippen LogP contribution in [0.4, 0.5) is 0 Å². The predicted octanol–water partition coefficient (Wildman–Crippen LogP) is 2.02. The zero-order valence-electron chi connectivity index (χ0n) is 17.6. The van der Waals surface area contributed by atoms with Crippen LogP contribution in [-0.4, -0.2) is 39.9 Å². The number of nitrogens with zero attached hydrogens (tertiary/aromatic N) is 3. The normalized spacial score (nSPS) is 12.7. The summed E-state index contributed by atoms with van der Waals surface area (Å²) >= 11 is 0. The Balaban J connectivity index is 1.76. The molecule has 0 radical (unpaired) electrons. The van der Waals surface area contributed by atoms with Crippen LogP contribution in [0, 0.1) is 6.92 Å². The van der Waals surface area contributed by atoms with E-state index < -0.39 is 0 Å². The van der Waals surface area contributed by atoms with Crippen molar-refractivity contribution in [2.24, 2.45) is 0 Å². The first-order valence-electron chi connectivity index (χ1n) is 9.76. The first kappa shape index (κ1) is 20.7. The molecule has 1 unspecified atom stereocenters. The van der Waals surface area contributed by atoms with Gasteiger partial charge in [0, 0.05) is 11.1 Å². The number of carbonyl (C=O) groups is 1. The van der Waals surface area contributed by atoms with Crippen LogP contribution >= 0.6 is 0 Å². The van der Waals surface area contributed by atoms with Crippen LogP contribution in [0.5, 0.6) is 0 Å². The number of hydrogen-bond acceptors (Lipinski definition) is 6. The number of amides is 1. The molecular formula is C21H28N5O3+. The van der Waals surface area contributed by atoms with Gasteiger partial charge < -0.3 is 19.2 Å². The predicted molar refractivity (Wildman–Crippen MR) is 108 cm³/mol. The summed E-state index contributed by atoms with van der Waals surface area (Å²) in [5, 5.41) is 15.5. The smallest absolute Gasteiger partial charge is 0.275 e. The lowest BCUT2D eigenvalue weighted by Crippen LogP contribution is -3.11. The largest absolute Gasteiger partial charge is 0.415 e. The van der Waals surface area contributed by atoms with E-state index in [9.17, 15) is 4.79 Å². The van der Waals surface area contributed by atoms with E-state index >= 15 is 0 Å². The molecule has 154 valence electrons. The van der Waals surface area contributed by atoms with Crippen LogP contribution < -0.4 is 10.2 Å². The van der Waals surface area contributed by atoms with Crippen LogP contribution in [0.2, 0.25) is 0 Å². The summed E-state index contributed by atoms with van der Waals surface area (Å²) < 4.78 is 11.3. The van der Waals surface area contributed by atoms with Gasteiger partial charge in [-0.05, 0) is 34.6 Å². The summed E-state index contributed by atoms with van der Waals surface area (Å²) in [6, 6.07) is 9.73. The highest BCUT2D eigenvalue weighted by molar-refractivity contribution is 5.78. The Morgan fingerprint density at radius 2 is 1.90 bits per heavy atom. The summed E-state index contributed by atoms with van der Waals surface area (Å²) in [6.07, 6.45) is 0. The molecule has 0 aliphatic carbocycles. The number of aryl methyl sites for hydroxylation is 1. The Labute approximate surface area is 170 Å². The van der Waals surface area contributed by atoms with Crippen LogP contribution in [0.1, 0.15) is 39.3 Å². The van der Waals surface area contributed by atoms with Crippen molar-refractivity contribution in [3.63, 3.8) is 0 Å². The average molecular weight is 398 g/mol. The maximum Gasteiger partial charge on any atom is 0.275 e. The third-order valence-electron chi connectivity index (χ3n) is 4.42. The Morgan fingerprint density at radius 3 is 2.55 bits per heavy atom. The lowest BCUT2D eigenvalue weighted by atomic mass is 10.1. The first-order chi connectivity index (χ1) is 13.8. The molecule has 2 aromatic heterocycles. The maximum absolute atomic E-state index is 12.2. The van der Waals surface area contributed by atoms with Crippen molar-refractivity contribution in [2.75, 3.05) is 13.1 Å². The van der Waals surface area contributed by atoms with Gasteiger partial charge in [0.2, 0.25) is 0 Å². The SMILES string of the molecule is CC[NH+](CC(=O)NC(C)(C)C)Cc1nnc(-c2c(-c3ccccc3)noc2C)o1. The molecule has 1 amide bonds. The van der Waals surface area contributed by atoms with Crippen LogP contribution in [0.15, 0.2) is 39.3 Å². The zero-order chi connectivity index (χ0) is 21.0. The third-order valence-corrected chi connectivity index (χ3v) is 4.42. The summed E-state index contributed by atoms with van der Waals surface area (Å²) in [4.78, 5) is 13.3. The number of hydrogen-bond donors (Lipinski definition) is 2. The molecule has 0 fully saturated rings. The fraction of sp³-hybridized carbons (Fsp3) is 0.429. The highest BCUT2D eigenvalue weighted by Crippen LogP contribution is 2.33. The average Bonchev–Trinajstić information content (AvgIpc) is 3.26. The number of likely N-dealkylation sites (N-methyl/N-ethyl adjacent to an activating group) is 1. The van der Waals surface area contributed by atoms with Crippen molar-refractivity contribution in [2.45, 2.75) is 46.7 Å². The Morgan fingerprint density at radius 1 is 1.17 bits per heavy atom. The fourth-order valence-corrected chi connectivity index (χ4v) is 3.06. The molecule has 3 rings (SSSR count). The Hall–Kier alpha value is -3.00. The quantitative estimate of drug-likeness (QED) is 0.632. The molecule has 1 atom stereocenters. The van der Waals surface area contributed by atoms with Crippen molar-refractivity contribution in [1.82, 2.24) is 20.7 Å². The van der Waals surface area contributed by atoms with Crippen molar-refractivity contribution in [3.05, 3.63) is 42.0 Å². The zero-order valence-corrected chi connectivity index (χ0v) is 17.6. The van der Waals surface area contributed by atoms with Crippen LogP contribution in [-0.2, 0) is 11.3 Å². The molecule has 1 aromatic carbocycles. The second-order valence-electron chi connectivity index (χ2n) is 8.08. The van der Waals surface area contributed by atoms with Gasteiger partial charge in [-0.15, -0.1) is 10.2 Å². The van der Waals surface area contributed by atoms with Crippen LogP contribution in [0.3, 0.4) is 0 Å². The number of nitrogens with one attached hydrogen (secondary N) is 2. The standard InChI is InChI=1S/C21H27N5O3/c1-6-26(12-16(27)22-21(3,4)5)13-17-23-24-20(28-17)18-14(2)29-25-19(18)15-10-8-7-9-11-15/h7-11H,6,12-13H2,1-5H3,(H,22,27)/p+1. The number of benzene rings is 1. The van der Waals surface area contributed by atoms with E-state index in [1.165, 1.54) is 0 Å². The molecule has 8 nitrogen and oxygen atoms in total. The van der Waals surface area contributed by atoms with Crippen molar-refractivity contribution in [3.8, 4) is 22.7 Å². The van der Waals surface area contributed by atoms with E-state index in [-0.39, 0.29) is 11.4 Å². The molecule has 2 N–H and O–H groups in total. The molecule has 29 heavy (non-hydrogen) atoms. The van der Waals surface area contributed by atoms with Gasteiger partial charge in [-0.25, -0.2) is 0 Å². The fourth-order valence-electron chi connectivity index (χ4n) is 3.06. The van der Waals surface area contributed by atoms with Crippen molar-refractivity contribution in [1.29, 1.82) is 0 Å². The van der Waals surface area contributed by atoms with Gasteiger partial charge >= 0.3 is 0 Å². The molecule has 0 aliphatic rings. The molecule has 0 saturated carbocycles. The molecule has 0 saturated heterocycles. The van der Waals surface area contributed by atoms with Gasteiger partial charge in [0.15, 0.2) is 13.1 Å². The minimum atomic E-state index is -0.257. The maximum atomic E-state index is 12.2. The van der Waals surface area contributed by atoms with Gasteiger partial charge in [-0.2, -0.15) is 0 Å². The summed E-state index contributed by atoms with van der Waals surface area (Å²) in [7, 11) is 0. The van der Waals surface area contributed by atoms with Gasteiger partial charge in [0.05, 0.1) is 6.54 Å². The molecule has 2 heterocycles. The van der Waals surface area contributed by atoms with Gasteiger partial charge in [0.1, 0.15) is 17.0 Å². The Kier molecular flexibility index (Phi) is 6.12.